The molecule has 5 heteroatoms. The Kier molecular flexibility index (Phi) is 6.37. The van der Waals surface area contributed by atoms with Crippen LogP contribution in [0, 0.1) is 11.3 Å². The molecule has 1 fully saturated rings. The summed E-state index contributed by atoms with van der Waals surface area (Å²) in [6, 6.07) is 17.0. The molecule has 0 saturated carbocycles. The first kappa shape index (κ1) is 18.8. The van der Waals surface area contributed by atoms with Crippen molar-refractivity contribution in [3.8, 4) is 6.07 Å². The lowest BCUT2D eigenvalue weighted by atomic mass is 10.1. The van der Waals surface area contributed by atoms with Gasteiger partial charge in [0.2, 0.25) is 5.91 Å². The van der Waals surface area contributed by atoms with E-state index in [1.54, 1.807) is 24.3 Å². The minimum atomic E-state index is -0.212. The van der Waals surface area contributed by atoms with Crippen LogP contribution in [0.1, 0.15) is 29.5 Å². The van der Waals surface area contributed by atoms with E-state index in [4.69, 9.17) is 5.26 Å². The molecule has 138 valence electrons. The van der Waals surface area contributed by atoms with Crippen LogP contribution < -0.4 is 5.32 Å². The smallest absolute Gasteiger partial charge is 0.248 e. The number of aliphatic hydroxyl groups is 1. The molecular formula is C22H23N3O2. The largest absolute Gasteiger partial charge is 0.393 e. The number of nitrogens with one attached hydrogen (secondary N) is 1. The van der Waals surface area contributed by atoms with E-state index < -0.39 is 0 Å². The summed E-state index contributed by atoms with van der Waals surface area (Å²) >= 11 is 0. The van der Waals surface area contributed by atoms with Crippen LogP contribution in [-0.4, -0.2) is 35.1 Å². The number of carbonyl (C=O) groups is 1. The molecule has 0 atom stereocenters. The zero-order valence-corrected chi connectivity index (χ0v) is 15.1. The van der Waals surface area contributed by atoms with Crippen LogP contribution in [0.4, 0.5) is 5.69 Å². The third kappa shape index (κ3) is 5.78. The van der Waals surface area contributed by atoms with Gasteiger partial charge in [-0.15, -0.1) is 0 Å². The lowest BCUT2D eigenvalue weighted by Crippen LogP contribution is -2.35. The average molecular weight is 361 g/mol. The number of aliphatic hydroxyl groups excluding tert-OH is 1. The molecule has 0 radical (unpaired) electrons. The Labute approximate surface area is 159 Å². The minimum Gasteiger partial charge on any atom is -0.393 e. The van der Waals surface area contributed by atoms with Crippen molar-refractivity contribution in [2.45, 2.75) is 25.5 Å². The highest BCUT2D eigenvalue weighted by Crippen LogP contribution is 2.17. The second kappa shape index (κ2) is 9.13. The zero-order chi connectivity index (χ0) is 19.1. The SMILES string of the molecule is N#Cc1cccc(/C=C/C(=O)Nc2cccc(CN3CCC(O)CC3)c2)c1. The number of nitrogens with zero attached hydrogens (tertiary/aromatic N) is 2. The van der Waals surface area contributed by atoms with Gasteiger partial charge in [-0.3, -0.25) is 9.69 Å². The van der Waals surface area contributed by atoms with Crippen molar-refractivity contribution in [1.82, 2.24) is 4.90 Å². The van der Waals surface area contributed by atoms with Gasteiger partial charge in [-0.2, -0.15) is 5.26 Å². The molecule has 2 aromatic carbocycles. The Morgan fingerprint density at radius 1 is 1.22 bits per heavy atom. The zero-order valence-electron chi connectivity index (χ0n) is 15.1. The summed E-state index contributed by atoms with van der Waals surface area (Å²) in [5.41, 5.74) is 3.26. The van der Waals surface area contributed by atoms with Gasteiger partial charge >= 0.3 is 0 Å². The topological polar surface area (TPSA) is 76.4 Å². The highest BCUT2D eigenvalue weighted by atomic mass is 16.3. The molecule has 1 amide bonds. The maximum absolute atomic E-state index is 12.2. The molecule has 0 spiro atoms. The Hall–Kier alpha value is -2.94. The van der Waals surface area contributed by atoms with Crippen molar-refractivity contribution in [2.75, 3.05) is 18.4 Å². The average Bonchev–Trinajstić information content (AvgIpc) is 2.69. The van der Waals surface area contributed by atoms with Gasteiger partial charge in [0.25, 0.3) is 0 Å². The van der Waals surface area contributed by atoms with Crippen molar-refractivity contribution in [1.29, 1.82) is 5.26 Å². The van der Waals surface area contributed by atoms with Gasteiger partial charge in [-0.25, -0.2) is 0 Å². The number of carbonyl (C=O) groups excluding carboxylic acids is 1. The Morgan fingerprint density at radius 2 is 2.00 bits per heavy atom. The number of piperidine rings is 1. The van der Waals surface area contributed by atoms with Crippen LogP contribution in [-0.2, 0) is 11.3 Å². The Morgan fingerprint density at radius 3 is 2.78 bits per heavy atom. The lowest BCUT2D eigenvalue weighted by molar-refractivity contribution is -0.111. The fourth-order valence-corrected chi connectivity index (χ4v) is 3.15. The van der Waals surface area contributed by atoms with Crippen LogP contribution in [0.25, 0.3) is 6.08 Å². The molecule has 5 nitrogen and oxygen atoms in total. The normalized spacial score (nSPS) is 15.6. The molecule has 1 heterocycles. The summed E-state index contributed by atoms with van der Waals surface area (Å²) in [6.07, 6.45) is 4.61. The standard InChI is InChI=1S/C22H23N3O2/c23-15-18-4-1-3-17(13-18)7-8-22(27)24-20-6-2-5-19(14-20)16-25-11-9-21(26)10-12-25/h1-8,13-14,21,26H,9-12,16H2,(H,24,27)/b8-7+. The number of hydrogen-bond acceptors (Lipinski definition) is 4. The summed E-state index contributed by atoms with van der Waals surface area (Å²) in [4.78, 5) is 14.5. The first-order valence-electron chi connectivity index (χ1n) is 9.11. The maximum Gasteiger partial charge on any atom is 0.248 e. The van der Waals surface area contributed by atoms with Crippen molar-refractivity contribution < 1.29 is 9.90 Å². The summed E-state index contributed by atoms with van der Waals surface area (Å²) < 4.78 is 0. The fraction of sp³-hybridized carbons (Fsp3) is 0.273. The third-order valence-electron chi connectivity index (χ3n) is 4.60. The van der Waals surface area contributed by atoms with Crippen molar-refractivity contribution in [2.24, 2.45) is 0 Å². The quantitative estimate of drug-likeness (QED) is 0.802. The Balaban J connectivity index is 1.57. The van der Waals surface area contributed by atoms with Crippen LogP contribution >= 0.6 is 0 Å². The predicted octanol–water partition coefficient (Wildman–Crippen LogP) is 3.17. The first-order chi connectivity index (χ1) is 13.1. The number of likely N-dealkylation sites (tertiary alicyclic amines) is 1. The molecule has 0 aliphatic carbocycles. The number of rotatable bonds is 5. The van der Waals surface area contributed by atoms with E-state index in [1.165, 1.54) is 6.08 Å². The van der Waals surface area contributed by atoms with E-state index in [-0.39, 0.29) is 12.0 Å². The fourth-order valence-electron chi connectivity index (χ4n) is 3.15. The van der Waals surface area contributed by atoms with Gasteiger partial charge in [-0.05, 0) is 54.3 Å². The van der Waals surface area contributed by atoms with Crippen molar-refractivity contribution in [3.63, 3.8) is 0 Å². The van der Waals surface area contributed by atoms with Gasteiger partial charge in [0.15, 0.2) is 0 Å². The summed E-state index contributed by atoms with van der Waals surface area (Å²) in [5.74, 6) is -0.212. The number of anilines is 1. The highest BCUT2D eigenvalue weighted by molar-refractivity contribution is 6.01. The molecule has 1 saturated heterocycles. The van der Waals surface area contributed by atoms with Crippen LogP contribution in [0.2, 0.25) is 0 Å². The maximum atomic E-state index is 12.2. The molecule has 27 heavy (non-hydrogen) atoms. The van der Waals surface area contributed by atoms with Crippen LogP contribution in [0.15, 0.2) is 54.6 Å². The number of hydrogen-bond donors (Lipinski definition) is 2. The van der Waals surface area contributed by atoms with Gasteiger partial charge in [0.05, 0.1) is 17.7 Å². The number of amides is 1. The molecule has 3 rings (SSSR count). The summed E-state index contributed by atoms with van der Waals surface area (Å²) in [5, 5.41) is 21.4. The van der Waals surface area contributed by atoms with Gasteiger partial charge in [0.1, 0.15) is 0 Å². The summed E-state index contributed by atoms with van der Waals surface area (Å²) in [7, 11) is 0. The van der Waals surface area contributed by atoms with E-state index in [0.29, 0.717) is 5.56 Å². The highest BCUT2D eigenvalue weighted by Gasteiger charge is 2.16. The van der Waals surface area contributed by atoms with E-state index in [0.717, 1.165) is 49.3 Å². The van der Waals surface area contributed by atoms with Crippen molar-refractivity contribution >= 4 is 17.7 Å². The molecule has 0 aromatic heterocycles. The molecule has 0 bridgehead atoms. The molecule has 2 N–H and O–H groups in total. The second-order valence-corrected chi connectivity index (χ2v) is 6.77. The third-order valence-corrected chi connectivity index (χ3v) is 4.60. The number of nitriles is 1. The van der Waals surface area contributed by atoms with E-state index >= 15 is 0 Å². The second-order valence-electron chi connectivity index (χ2n) is 6.77. The molecule has 0 unspecified atom stereocenters. The molecule has 1 aliphatic heterocycles. The van der Waals surface area contributed by atoms with Crippen molar-refractivity contribution in [3.05, 3.63) is 71.3 Å². The van der Waals surface area contributed by atoms with Gasteiger partial charge < -0.3 is 10.4 Å². The van der Waals surface area contributed by atoms with Gasteiger partial charge in [0, 0.05) is 31.4 Å². The molecule has 1 aliphatic rings. The van der Waals surface area contributed by atoms with E-state index in [2.05, 4.69) is 16.3 Å². The van der Waals surface area contributed by atoms with E-state index in [1.807, 2.05) is 30.3 Å². The first-order valence-corrected chi connectivity index (χ1v) is 9.11. The van der Waals surface area contributed by atoms with Crippen LogP contribution in [0.3, 0.4) is 0 Å². The monoisotopic (exact) mass is 361 g/mol. The van der Waals surface area contributed by atoms with Gasteiger partial charge in [-0.1, -0.05) is 24.3 Å². The number of benzene rings is 2. The van der Waals surface area contributed by atoms with E-state index in [9.17, 15) is 9.90 Å². The van der Waals surface area contributed by atoms with Crippen LogP contribution in [0.5, 0.6) is 0 Å². The predicted molar refractivity (Wildman–Crippen MR) is 106 cm³/mol. The molecular weight excluding hydrogens is 338 g/mol. The minimum absolute atomic E-state index is 0.174. The summed E-state index contributed by atoms with van der Waals surface area (Å²) in [6.45, 7) is 2.59. The lowest BCUT2D eigenvalue weighted by Gasteiger charge is -2.29. The molecule has 2 aromatic rings. The Bertz CT molecular complexity index is 862.